The van der Waals surface area contributed by atoms with Gasteiger partial charge in [-0.2, -0.15) is 0 Å². The van der Waals surface area contributed by atoms with Crippen molar-refractivity contribution in [2.75, 3.05) is 10.6 Å². The van der Waals surface area contributed by atoms with Crippen molar-refractivity contribution in [3.05, 3.63) is 33.9 Å². The molecule has 0 aliphatic rings. The molecular formula is C10H9Br2N3S. The Morgan fingerprint density at radius 2 is 2.25 bits per heavy atom. The molecule has 0 spiro atoms. The Labute approximate surface area is 115 Å². The molecule has 0 bridgehead atoms. The Morgan fingerprint density at radius 1 is 1.38 bits per heavy atom. The predicted molar refractivity (Wildman–Crippen MR) is 74.8 cm³/mol. The molecule has 0 aliphatic carbocycles. The molecule has 3 nitrogen and oxygen atoms in total. The lowest BCUT2D eigenvalue weighted by molar-refractivity contribution is 1.08. The zero-order valence-electron chi connectivity index (χ0n) is 8.28. The summed E-state index contributed by atoms with van der Waals surface area (Å²) in [6, 6.07) is 3.86. The number of hydrogen-bond donors (Lipinski definition) is 1. The minimum absolute atomic E-state index is 0.808. The van der Waals surface area contributed by atoms with Crippen LogP contribution in [0.5, 0.6) is 0 Å². The monoisotopic (exact) mass is 361 g/mol. The second kappa shape index (κ2) is 5.75. The maximum Gasteiger partial charge on any atom is 0.188 e. The number of anilines is 2. The number of pyridine rings is 1. The summed E-state index contributed by atoms with van der Waals surface area (Å²) in [4.78, 5) is 8.67. The van der Waals surface area contributed by atoms with E-state index in [0.29, 0.717) is 0 Å². The van der Waals surface area contributed by atoms with Crippen molar-refractivity contribution >= 4 is 54.1 Å². The van der Waals surface area contributed by atoms with Crippen LogP contribution in [-0.2, 0) is 6.42 Å². The molecule has 16 heavy (non-hydrogen) atoms. The van der Waals surface area contributed by atoms with Crippen molar-refractivity contribution < 1.29 is 0 Å². The van der Waals surface area contributed by atoms with Crippen LogP contribution in [0.3, 0.4) is 0 Å². The first-order valence-corrected chi connectivity index (χ1v) is 7.46. The third kappa shape index (κ3) is 3.26. The third-order valence-electron chi connectivity index (χ3n) is 1.86. The predicted octanol–water partition coefficient (Wildman–Crippen LogP) is 3.98. The van der Waals surface area contributed by atoms with E-state index >= 15 is 0 Å². The number of aromatic nitrogens is 2. The molecule has 0 aromatic carbocycles. The van der Waals surface area contributed by atoms with Crippen LogP contribution in [0.2, 0.25) is 0 Å². The highest BCUT2D eigenvalue weighted by molar-refractivity contribution is 9.10. The van der Waals surface area contributed by atoms with Gasteiger partial charge in [0.1, 0.15) is 5.82 Å². The molecule has 0 unspecified atom stereocenters. The largest absolute Gasteiger partial charge is 0.316 e. The van der Waals surface area contributed by atoms with E-state index < -0.39 is 0 Å². The van der Waals surface area contributed by atoms with Crippen molar-refractivity contribution in [3.63, 3.8) is 0 Å². The Balaban J connectivity index is 2.05. The fourth-order valence-corrected chi connectivity index (χ4v) is 2.53. The third-order valence-corrected chi connectivity index (χ3v) is 3.54. The highest BCUT2D eigenvalue weighted by Crippen LogP contribution is 2.20. The molecular weight excluding hydrogens is 354 g/mol. The van der Waals surface area contributed by atoms with Crippen LogP contribution >= 0.6 is 43.2 Å². The maximum absolute atomic E-state index is 4.44. The van der Waals surface area contributed by atoms with E-state index in [2.05, 4.69) is 52.5 Å². The lowest BCUT2D eigenvalue weighted by Gasteiger charge is -2.00. The molecule has 6 heteroatoms. The number of aryl methyl sites for hydroxylation is 1. The zero-order chi connectivity index (χ0) is 11.4. The molecule has 0 atom stereocenters. The number of alkyl halides is 1. The van der Waals surface area contributed by atoms with Gasteiger partial charge in [-0.05, 0) is 28.1 Å². The summed E-state index contributed by atoms with van der Waals surface area (Å²) in [5.41, 5.74) is 1.10. The average molecular weight is 363 g/mol. The topological polar surface area (TPSA) is 37.8 Å². The lowest BCUT2D eigenvalue weighted by Crippen LogP contribution is -1.93. The zero-order valence-corrected chi connectivity index (χ0v) is 12.3. The molecule has 2 aromatic rings. The van der Waals surface area contributed by atoms with Crippen molar-refractivity contribution in [1.29, 1.82) is 0 Å². The van der Waals surface area contributed by atoms with Gasteiger partial charge in [-0.25, -0.2) is 9.97 Å². The number of halogens is 2. The van der Waals surface area contributed by atoms with E-state index in [1.807, 2.05) is 12.1 Å². The van der Waals surface area contributed by atoms with Crippen LogP contribution in [0.1, 0.15) is 5.69 Å². The second-order valence-electron chi connectivity index (χ2n) is 3.07. The summed E-state index contributed by atoms with van der Waals surface area (Å²) < 4.78 is 0.970. The molecule has 2 heterocycles. The number of hydrogen-bond acceptors (Lipinski definition) is 4. The Kier molecular flexibility index (Phi) is 4.31. The van der Waals surface area contributed by atoms with Gasteiger partial charge in [-0.3, -0.25) is 0 Å². The highest BCUT2D eigenvalue weighted by atomic mass is 79.9. The summed E-state index contributed by atoms with van der Waals surface area (Å²) >= 11 is 8.34. The number of nitrogens with one attached hydrogen (secondary N) is 1. The summed E-state index contributed by atoms with van der Waals surface area (Å²) in [7, 11) is 0. The van der Waals surface area contributed by atoms with Crippen LogP contribution in [-0.4, -0.2) is 15.3 Å². The molecule has 84 valence electrons. The number of thiazole rings is 1. The molecule has 0 amide bonds. The molecule has 0 aliphatic heterocycles. The van der Waals surface area contributed by atoms with E-state index in [1.54, 1.807) is 17.5 Å². The summed E-state index contributed by atoms with van der Waals surface area (Å²) in [5.74, 6) is 0.808. The molecule has 0 radical (unpaired) electrons. The van der Waals surface area contributed by atoms with Crippen LogP contribution in [0.4, 0.5) is 10.9 Å². The molecule has 0 saturated carbocycles. The van der Waals surface area contributed by atoms with Gasteiger partial charge in [0, 0.05) is 27.8 Å². The fraction of sp³-hybridized carbons (Fsp3) is 0.200. The smallest absolute Gasteiger partial charge is 0.188 e. The summed E-state index contributed by atoms with van der Waals surface area (Å²) in [6.45, 7) is 0. The van der Waals surface area contributed by atoms with Crippen LogP contribution < -0.4 is 5.32 Å². The first kappa shape index (κ1) is 12.0. The minimum atomic E-state index is 0.808. The van der Waals surface area contributed by atoms with Crippen molar-refractivity contribution in [2.45, 2.75) is 6.42 Å². The summed E-state index contributed by atoms with van der Waals surface area (Å²) in [5, 5.41) is 7.05. The van der Waals surface area contributed by atoms with E-state index in [9.17, 15) is 0 Å². The summed E-state index contributed by atoms with van der Waals surface area (Å²) in [6.07, 6.45) is 2.71. The van der Waals surface area contributed by atoms with Crippen LogP contribution in [0, 0.1) is 0 Å². The molecule has 0 fully saturated rings. The maximum atomic E-state index is 4.44. The van der Waals surface area contributed by atoms with E-state index in [4.69, 9.17) is 0 Å². The Hall–Kier alpha value is -0.460. The van der Waals surface area contributed by atoms with Gasteiger partial charge in [0.2, 0.25) is 0 Å². The molecule has 2 rings (SSSR count). The Morgan fingerprint density at radius 3 is 2.94 bits per heavy atom. The van der Waals surface area contributed by atoms with Gasteiger partial charge in [0.25, 0.3) is 0 Å². The Bertz CT molecular complexity index is 455. The van der Waals surface area contributed by atoms with E-state index in [1.165, 1.54) is 0 Å². The normalized spacial score (nSPS) is 10.4. The van der Waals surface area contributed by atoms with Crippen molar-refractivity contribution in [2.24, 2.45) is 0 Å². The van der Waals surface area contributed by atoms with Crippen LogP contribution in [0.25, 0.3) is 0 Å². The first-order chi connectivity index (χ1) is 7.78. The number of rotatable bonds is 4. The fourth-order valence-electron chi connectivity index (χ4n) is 1.14. The SMILES string of the molecule is BrCCc1csc(Nc2ccc(Br)cn2)n1. The van der Waals surface area contributed by atoms with Gasteiger partial charge in [0.15, 0.2) is 5.13 Å². The highest BCUT2D eigenvalue weighted by Gasteiger charge is 2.02. The first-order valence-electron chi connectivity index (χ1n) is 4.67. The van der Waals surface area contributed by atoms with Crippen molar-refractivity contribution in [1.82, 2.24) is 9.97 Å². The van der Waals surface area contributed by atoms with Gasteiger partial charge in [-0.1, -0.05) is 15.9 Å². The lowest BCUT2D eigenvalue weighted by atomic mass is 10.4. The second-order valence-corrected chi connectivity index (χ2v) is 5.64. The minimum Gasteiger partial charge on any atom is -0.316 e. The van der Waals surface area contributed by atoms with E-state index in [0.717, 1.165) is 32.9 Å². The van der Waals surface area contributed by atoms with Crippen LogP contribution in [0.15, 0.2) is 28.2 Å². The molecule has 0 saturated heterocycles. The average Bonchev–Trinajstić information content (AvgIpc) is 2.70. The quantitative estimate of drug-likeness (QED) is 0.836. The van der Waals surface area contributed by atoms with Gasteiger partial charge in [0.05, 0.1) is 5.69 Å². The number of nitrogens with zero attached hydrogens (tertiary/aromatic N) is 2. The standard InChI is InChI=1S/C10H9Br2N3S/c11-4-3-8-6-16-10(14-8)15-9-2-1-7(12)5-13-9/h1-2,5-6H,3-4H2,(H,13,14,15). The van der Waals surface area contributed by atoms with E-state index in [-0.39, 0.29) is 0 Å². The van der Waals surface area contributed by atoms with Gasteiger partial charge in [-0.15, -0.1) is 11.3 Å². The van der Waals surface area contributed by atoms with Gasteiger partial charge >= 0.3 is 0 Å². The molecule has 1 N–H and O–H groups in total. The van der Waals surface area contributed by atoms with Gasteiger partial charge < -0.3 is 5.32 Å². The van der Waals surface area contributed by atoms with Crippen molar-refractivity contribution in [3.8, 4) is 0 Å². The molecule has 2 aromatic heterocycles.